The van der Waals surface area contributed by atoms with Crippen molar-refractivity contribution in [1.29, 1.82) is 0 Å². The van der Waals surface area contributed by atoms with E-state index in [1.54, 1.807) is 0 Å². The predicted molar refractivity (Wildman–Crippen MR) is 80.5 cm³/mol. The van der Waals surface area contributed by atoms with Crippen LogP contribution in [0.15, 0.2) is 10.6 Å². The van der Waals surface area contributed by atoms with Gasteiger partial charge in [0, 0.05) is 44.3 Å². The SMILES string of the molecule is CCN1CCN(Cc2cc(CNC(C)C)no2)CC1C. The Morgan fingerprint density at radius 2 is 2.25 bits per heavy atom. The smallest absolute Gasteiger partial charge is 0.151 e. The molecule has 1 saturated heterocycles. The van der Waals surface area contributed by atoms with Crippen molar-refractivity contribution in [3.05, 3.63) is 17.5 Å². The molecule has 1 fully saturated rings. The van der Waals surface area contributed by atoms with Gasteiger partial charge in [0.2, 0.25) is 0 Å². The van der Waals surface area contributed by atoms with E-state index in [-0.39, 0.29) is 0 Å². The molecule has 2 heterocycles. The second-order valence-electron chi connectivity index (χ2n) is 6.03. The van der Waals surface area contributed by atoms with Crippen molar-refractivity contribution in [2.24, 2.45) is 0 Å². The van der Waals surface area contributed by atoms with Crippen molar-refractivity contribution in [2.45, 2.75) is 52.9 Å². The quantitative estimate of drug-likeness (QED) is 0.859. The number of hydrogen-bond donors (Lipinski definition) is 1. The van der Waals surface area contributed by atoms with Crippen LogP contribution in [-0.2, 0) is 13.1 Å². The van der Waals surface area contributed by atoms with E-state index in [0.29, 0.717) is 12.1 Å². The number of likely N-dealkylation sites (N-methyl/N-ethyl adjacent to an activating group) is 1. The summed E-state index contributed by atoms with van der Waals surface area (Å²) in [6.45, 7) is 15.0. The Hall–Kier alpha value is -0.910. The second kappa shape index (κ2) is 7.20. The van der Waals surface area contributed by atoms with E-state index in [9.17, 15) is 0 Å². The van der Waals surface area contributed by atoms with Gasteiger partial charge in [0.15, 0.2) is 5.76 Å². The van der Waals surface area contributed by atoms with Crippen LogP contribution in [0.25, 0.3) is 0 Å². The van der Waals surface area contributed by atoms with Crippen LogP contribution < -0.4 is 5.32 Å². The Morgan fingerprint density at radius 1 is 1.45 bits per heavy atom. The van der Waals surface area contributed by atoms with Gasteiger partial charge in [0.05, 0.1) is 12.2 Å². The van der Waals surface area contributed by atoms with Gasteiger partial charge in [-0.25, -0.2) is 0 Å². The number of nitrogens with zero attached hydrogens (tertiary/aromatic N) is 3. The van der Waals surface area contributed by atoms with E-state index in [1.807, 2.05) is 0 Å². The van der Waals surface area contributed by atoms with Crippen LogP contribution in [0, 0.1) is 0 Å². The molecule has 1 unspecified atom stereocenters. The first kappa shape index (κ1) is 15.5. The van der Waals surface area contributed by atoms with E-state index in [0.717, 1.165) is 50.7 Å². The van der Waals surface area contributed by atoms with Gasteiger partial charge in [-0.1, -0.05) is 25.9 Å². The van der Waals surface area contributed by atoms with Crippen molar-refractivity contribution in [1.82, 2.24) is 20.3 Å². The number of aromatic nitrogens is 1. The van der Waals surface area contributed by atoms with Crippen molar-refractivity contribution >= 4 is 0 Å². The molecule has 0 saturated carbocycles. The van der Waals surface area contributed by atoms with Crippen LogP contribution in [0.1, 0.15) is 39.1 Å². The highest BCUT2D eigenvalue weighted by Gasteiger charge is 2.23. The summed E-state index contributed by atoms with van der Waals surface area (Å²) in [4.78, 5) is 4.98. The maximum Gasteiger partial charge on any atom is 0.151 e. The zero-order valence-electron chi connectivity index (χ0n) is 13.2. The highest BCUT2D eigenvalue weighted by atomic mass is 16.5. The normalized spacial score (nSPS) is 21.8. The second-order valence-corrected chi connectivity index (χ2v) is 6.03. The molecule has 0 aromatic carbocycles. The third-order valence-corrected chi connectivity index (χ3v) is 3.93. The van der Waals surface area contributed by atoms with Crippen LogP contribution in [-0.4, -0.2) is 53.2 Å². The van der Waals surface area contributed by atoms with E-state index < -0.39 is 0 Å². The molecule has 114 valence electrons. The molecule has 1 N–H and O–H groups in total. The summed E-state index contributed by atoms with van der Waals surface area (Å²) < 4.78 is 5.44. The Morgan fingerprint density at radius 3 is 2.90 bits per heavy atom. The van der Waals surface area contributed by atoms with Gasteiger partial charge in [-0.2, -0.15) is 0 Å². The fraction of sp³-hybridized carbons (Fsp3) is 0.800. The van der Waals surface area contributed by atoms with Gasteiger partial charge in [-0.15, -0.1) is 0 Å². The monoisotopic (exact) mass is 280 g/mol. The topological polar surface area (TPSA) is 44.5 Å². The summed E-state index contributed by atoms with van der Waals surface area (Å²) in [5, 5.41) is 7.49. The average molecular weight is 280 g/mol. The molecule has 1 aliphatic rings. The molecular formula is C15H28N4O. The maximum absolute atomic E-state index is 5.44. The minimum atomic E-state index is 0.470. The predicted octanol–water partition coefficient (Wildman–Crippen LogP) is 1.70. The fourth-order valence-electron chi connectivity index (χ4n) is 2.73. The van der Waals surface area contributed by atoms with Crippen LogP contribution >= 0.6 is 0 Å². The van der Waals surface area contributed by atoms with Gasteiger partial charge in [-0.05, 0) is 13.5 Å². The van der Waals surface area contributed by atoms with Gasteiger partial charge >= 0.3 is 0 Å². The largest absolute Gasteiger partial charge is 0.360 e. The van der Waals surface area contributed by atoms with E-state index in [2.05, 4.69) is 54.0 Å². The fourth-order valence-corrected chi connectivity index (χ4v) is 2.73. The molecule has 20 heavy (non-hydrogen) atoms. The average Bonchev–Trinajstić information content (AvgIpc) is 2.84. The number of nitrogens with one attached hydrogen (secondary N) is 1. The molecule has 1 atom stereocenters. The molecule has 1 aromatic heterocycles. The highest BCUT2D eigenvalue weighted by molar-refractivity contribution is 5.05. The Kier molecular flexibility index (Phi) is 5.57. The summed E-state index contributed by atoms with van der Waals surface area (Å²) in [5.41, 5.74) is 0.994. The molecule has 1 aliphatic heterocycles. The molecule has 5 nitrogen and oxygen atoms in total. The van der Waals surface area contributed by atoms with Gasteiger partial charge < -0.3 is 9.84 Å². The van der Waals surface area contributed by atoms with Crippen molar-refractivity contribution in [2.75, 3.05) is 26.2 Å². The van der Waals surface area contributed by atoms with Crippen molar-refractivity contribution < 1.29 is 4.52 Å². The van der Waals surface area contributed by atoms with Gasteiger partial charge in [0.1, 0.15) is 0 Å². The molecule has 2 rings (SSSR count). The zero-order chi connectivity index (χ0) is 14.5. The molecule has 0 aliphatic carbocycles. The molecular weight excluding hydrogens is 252 g/mol. The maximum atomic E-state index is 5.44. The third-order valence-electron chi connectivity index (χ3n) is 3.93. The van der Waals surface area contributed by atoms with Crippen LogP contribution in [0.2, 0.25) is 0 Å². The Bertz CT molecular complexity index is 404. The molecule has 0 spiro atoms. The minimum absolute atomic E-state index is 0.470. The zero-order valence-corrected chi connectivity index (χ0v) is 13.2. The Balaban J connectivity index is 1.82. The highest BCUT2D eigenvalue weighted by Crippen LogP contribution is 2.13. The van der Waals surface area contributed by atoms with Crippen LogP contribution in [0.4, 0.5) is 0 Å². The molecule has 0 amide bonds. The van der Waals surface area contributed by atoms with E-state index in [1.165, 1.54) is 0 Å². The summed E-state index contributed by atoms with van der Waals surface area (Å²) in [6.07, 6.45) is 0. The van der Waals surface area contributed by atoms with Gasteiger partial charge in [-0.3, -0.25) is 9.80 Å². The lowest BCUT2D eigenvalue weighted by Crippen LogP contribution is -2.51. The molecule has 5 heteroatoms. The Labute approximate surface area is 122 Å². The molecule has 0 bridgehead atoms. The van der Waals surface area contributed by atoms with E-state index in [4.69, 9.17) is 4.52 Å². The first-order valence-electron chi connectivity index (χ1n) is 7.72. The molecule has 1 aromatic rings. The van der Waals surface area contributed by atoms with Crippen LogP contribution in [0.3, 0.4) is 0 Å². The minimum Gasteiger partial charge on any atom is -0.360 e. The summed E-state index contributed by atoms with van der Waals surface area (Å²) in [7, 11) is 0. The van der Waals surface area contributed by atoms with Crippen molar-refractivity contribution in [3.63, 3.8) is 0 Å². The first-order chi connectivity index (χ1) is 9.58. The van der Waals surface area contributed by atoms with Gasteiger partial charge in [0.25, 0.3) is 0 Å². The van der Waals surface area contributed by atoms with E-state index >= 15 is 0 Å². The first-order valence-corrected chi connectivity index (χ1v) is 7.72. The lowest BCUT2D eigenvalue weighted by Gasteiger charge is -2.38. The lowest BCUT2D eigenvalue weighted by atomic mass is 10.2. The number of rotatable bonds is 6. The number of piperazine rings is 1. The number of hydrogen-bond acceptors (Lipinski definition) is 5. The third kappa shape index (κ3) is 4.30. The lowest BCUT2D eigenvalue weighted by molar-refractivity contribution is 0.0774. The standard InChI is InChI=1S/C15H28N4O/c1-5-19-7-6-18(10-13(19)4)11-15-8-14(17-20-15)9-16-12(2)3/h8,12-13,16H,5-7,9-11H2,1-4H3. The summed E-state index contributed by atoms with van der Waals surface area (Å²) in [6, 6.07) is 3.17. The van der Waals surface area contributed by atoms with Crippen LogP contribution in [0.5, 0.6) is 0 Å². The van der Waals surface area contributed by atoms with Crippen molar-refractivity contribution in [3.8, 4) is 0 Å². The summed E-state index contributed by atoms with van der Waals surface area (Å²) in [5.74, 6) is 0.975. The summed E-state index contributed by atoms with van der Waals surface area (Å²) >= 11 is 0. The molecule has 0 radical (unpaired) electrons.